The summed E-state index contributed by atoms with van der Waals surface area (Å²) in [6.07, 6.45) is 2.89. The number of benzene rings is 1. The molecular formula is C15H21F2NO2. The van der Waals surface area contributed by atoms with E-state index in [1.54, 1.807) is 12.1 Å². The van der Waals surface area contributed by atoms with Gasteiger partial charge in [-0.05, 0) is 42.9 Å². The van der Waals surface area contributed by atoms with Crippen LogP contribution in [0.15, 0.2) is 24.3 Å². The molecule has 5 heteroatoms. The Morgan fingerprint density at radius 1 is 1.30 bits per heavy atom. The van der Waals surface area contributed by atoms with E-state index in [0.717, 1.165) is 18.8 Å². The molecule has 2 rings (SSSR count). The van der Waals surface area contributed by atoms with Crippen LogP contribution in [-0.4, -0.2) is 24.3 Å². The lowest BCUT2D eigenvalue weighted by Gasteiger charge is -2.17. The molecule has 20 heavy (non-hydrogen) atoms. The van der Waals surface area contributed by atoms with Gasteiger partial charge >= 0.3 is 6.61 Å². The van der Waals surface area contributed by atoms with E-state index >= 15 is 0 Å². The van der Waals surface area contributed by atoms with Crippen LogP contribution in [-0.2, 0) is 0 Å². The summed E-state index contributed by atoms with van der Waals surface area (Å²) in [5.41, 5.74) is 0.699. The largest absolute Gasteiger partial charge is 0.435 e. The highest BCUT2D eigenvalue weighted by molar-refractivity contribution is 5.28. The van der Waals surface area contributed by atoms with Gasteiger partial charge in [0.25, 0.3) is 0 Å². The van der Waals surface area contributed by atoms with Gasteiger partial charge in [-0.2, -0.15) is 8.78 Å². The summed E-state index contributed by atoms with van der Waals surface area (Å²) >= 11 is 0. The zero-order valence-electron chi connectivity index (χ0n) is 11.6. The average molecular weight is 285 g/mol. The van der Waals surface area contributed by atoms with Crippen molar-refractivity contribution in [3.8, 4) is 5.75 Å². The number of hydrogen-bond acceptors (Lipinski definition) is 3. The van der Waals surface area contributed by atoms with Gasteiger partial charge in [0.1, 0.15) is 5.75 Å². The maximum atomic E-state index is 12.0. The quantitative estimate of drug-likeness (QED) is 0.844. The van der Waals surface area contributed by atoms with E-state index < -0.39 is 12.7 Å². The van der Waals surface area contributed by atoms with Crippen molar-refractivity contribution in [2.75, 3.05) is 6.54 Å². The second-order valence-electron chi connectivity index (χ2n) is 5.49. The molecule has 0 radical (unpaired) electrons. The Balaban J connectivity index is 1.81. The third-order valence-corrected chi connectivity index (χ3v) is 3.78. The molecule has 1 saturated carbocycles. The Morgan fingerprint density at radius 2 is 2.00 bits per heavy atom. The molecule has 0 heterocycles. The Bertz CT molecular complexity index is 411. The number of rotatable bonds is 6. The number of alkyl halides is 2. The van der Waals surface area contributed by atoms with Gasteiger partial charge in [0, 0.05) is 12.6 Å². The summed E-state index contributed by atoms with van der Waals surface area (Å²) in [5, 5.41) is 13.4. The van der Waals surface area contributed by atoms with E-state index in [9.17, 15) is 13.9 Å². The first kappa shape index (κ1) is 15.2. The Labute approximate surface area is 117 Å². The Morgan fingerprint density at radius 3 is 2.55 bits per heavy atom. The molecule has 3 atom stereocenters. The lowest BCUT2D eigenvalue weighted by Crippen LogP contribution is -2.30. The standard InChI is InChI=1S/C15H21F2NO2/c1-10-2-5-12(8-10)18-9-14(19)11-3-6-13(7-4-11)20-15(16)17/h3-4,6-7,10,12,14-15,18-19H,2,5,8-9H2,1H3. The van der Waals surface area contributed by atoms with Crippen LogP contribution < -0.4 is 10.1 Å². The second kappa shape index (κ2) is 6.99. The van der Waals surface area contributed by atoms with Crippen LogP contribution >= 0.6 is 0 Å². The first-order chi connectivity index (χ1) is 9.54. The van der Waals surface area contributed by atoms with Gasteiger partial charge in [-0.15, -0.1) is 0 Å². The number of nitrogens with one attached hydrogen (secondary N) is 1. The van der Waals surface area contributed by atoms with E-state index in [1.165, 1.54) is 18.6 Å². The first-order valence-corrected chi connectivity index (χ1v) is 7.01. The lowest BCUT2D eigenvalue weighted by molar-refractivity contribution is -0.0498. The molecule has 1 aromatic rings. The molecule has 2 N–H and O–H groups in total. The SMILES string of the molecule is CC1CCC(NCC(O)c2ccc(OC(F)F)cc2)C1. The molecule has 1 aromatic carbocycles. The summed E-state index contributed by atoms with van der Waals surface area (Å²) in [7, 11) is 0. The normalized spacial score (nSPS) is 24.1. The van der Waals surface area contributed by atoms with Gasteiger partial charge in [0.15, 0.2) is 0 Å². The molecule has 0 saturated heterocycles. The van der Waals surface area contributed by atoms with Gasteiger partial charge in [-0.25, -0.2) is 0 Å². The topological polar surface area (TPSA) is 41.5 Å². The lowest BCUT2D eigenvalue weighted by atomic mass is 10.1. The summed E-state index contributed by atoms with van der Waals surface area (Å²) in [6, 6.07) is 6.59. The van der Waals surface area contributed by atoms with Crippen molar-refractivity contribution in [1.82, 2.24) is 5.32 Å². The highest BCUT2D eigenvalue weighted by atomic mass is 19.3. The molecule has 1 aliphatic carbocycles. The third-order valence-electron chi connectivity index (χ3n) is 3.78. The van der Waals surface area contributed by atoms with Crippen LogP contribution in [0.5, 0.6) is 5.75 Å². The summed E-state index contributed by atoms with van der Waals surface area (Å²) in [5.74, 6) is 0.851. The predicted molar refractivity (Wildman–Crippen MR) is 72.8 cm³/mol. The van der Waals surface area contributed by atoms with Gasteiger partial charge in [-0.1, -0.05) is 19.1 Å². The molecule has 0 amide bonds. The van der Waals surface area contributed by atoms with Crippen LogP contribution in [0.1, 0.15) is 37.9 Å². The maximum absolute atomic E-state index is 12.0. The van der Waals surface area contributed by atoms with Crippen molar-refractivity contribution in [1.29, 1.82) is 0 Å². The molecular weight excluding hydrogens is 264 g/mol. The van der Waals surface area contributed by atoms with E-state index in [0.29, 0.717) is 18.2 Å². The van der Waals surface area contributed by atoms with Crippen molar-refractivity contribution >= 4 is 0 Å². The third kappa shape index (κ3) is 4.42. The Kier molecular flexibility index (Phi) is 5.31. The van der Waals surface area contributed by atoms with Crippen LogP contribution in [0.2, 0.25) is 0 Å². The smallest absolute Gasteiger partial charge is 0.387 e. The zero-order chi connectivity index (χ0) is 14.5. The Hall–Kier alpha value is -1.20. The average Bonchev–Trinajstić information content (AvgIpc) is 2.82. The molecule has 3 nitrogen and oxygen atoms in total. The fraction of sp³-hybridized carbons (Fsp3) is 0.600. The number of aliphatic hydroxyl groups excluding tert-OH is 1. The number of halogens is 2. The van der Waals surface area contributed by atoms with Gasteiger partial charge < -0.3 is 15.2 Å². The van der Waals surface area contributed by atoms with Crippen LogP contribution in [0.3, 0.4) is 0 Å². The van der Waals surface area contributed by atoms with E-state index in [-0.39, 0.29) is 5.75 Å². The minimum atomic E-state index is -2.82. The zero-order valence-corrected chi connectivity index (χ0v) is 11.6. The fourth-order valence-electron chi connectivity index (χ4n) is 2.66. The molecule has 0 spiro atoms. The molecule has 1 fully saturated rings. The number of aliphatic hydroxyl groups is 1. The van der Waals surface area contributed by atoms with Crippen LogP contribution in [0.25, 0.3) is 0 Å². The second-order valence-corrected chi connectivity index (χ2v) is 5.49. The highest BCUT2D eigenvalue weighted by Crippen LogP contribution is 2.25. The minimum absolute atomic E-state index is 0.105. The van der Waals surface area contributed by atoms with E-state index in [2.05, 4.69) is 17.0 Å². The van der Waals surface area contributed by atoms with Gasteiger partial charge in [0.05, 0.1) is 6.10 Å². The monoisotopic (exact) mass is 285 g/mol. The van der Waals surface area contributed by atoms with Crippen molar-refractivity contribution in [3.05, 3.63) is 29.8 Å². The van der Waals surface area contributed by atoms with Gasteiger partial charge in [-0.3, -0.25) is 0 Å². The summed E-state index contributed by atoms with van der Waals surface area (Å²) in [4.78, 5) is 0. The number of ether oxygens (including phenoxy) is 1. The summed E-state index contributed by atoms with van der Waals surface area (Å²) < 4.78 is 28.3. The van der Waals surface area contributed by atoms with Crippen molar-refractivity contribution < 1.29 is 18.6 Å². The minimum Gasteiger partial charge on any atom is -0.435 e. The molecule has 0 aromatic heterocycles. The fourth-order valence-corrected chi connectivity index (χ4v) is 2.66. The molecule has 0 bridgehead atoms. The molecule has 3 unspecified atom stereocenters. The number of hydrogen-bond donors (Lipinski definition) is 2. The van der Waals surface area contributed by atoms with Crippen molar-refractivity contribution in [3.63, 3.8) is 0 Å². The summed E-state index contributed by atoms with van der Waals surface area (Å²) in [6.45, 7) is -0.108. The predicted octanol–water partition coefficient (Wildman–Crippen LogP) is 3.10. The van der Waals surface area contributed by atoms with Crippen molar-refractivity contribution in [2.24, 2.45) is 5.92 Å². The highest BCUT2D eigenvalue weighted by Gasteiger charge is 2.21. The molecule has 112 valence electrons. The molecule has 1 aliphatic rings. The van der Waals surface area contributed by atoms with Gasteiger partial charge in [0.2, 0.25) is 0 Å². The first-order valence-electron chi connectivity index (χ1n) is 7.01. The van der Waals surface area contributed by atoms with E-state index in [4.69, 9.17) is 0 Å². The van der Waals surface area contributed by atoms with E-state index in [1.807, 2.05) is 0 Å². The van der Waals surface area contributed by atoms with Crippen LogP contribution in [0.4, 0.5) is 8.78 Å². The van der Waals surface area contributed by atoms with Crippen molar-refractivity contribution in [2.45, 2.75) is 44.9 Å². The maximum Gasteiger partial charge on any atom is 0.387 e. The van der Waals surface area contributed by atoms with Crippen LogP contribution in [0, 0.1) is 5.92 Å². The molecule has 0 aliphatic heterocycles.